The van der Waals surface area contributed by atoms with Crippen LogP contribution in [0.3, 0.4) is 0 Å². The van der Waals surface area contributed by atoms with Gasteiger partial charge in [-0.2, -0.15) is 0 Å². The van der Waals surface area contributed by atoms with Crippen LogP contribution in [0.25, 0.3) is 11.0 Å². The number of carbonyl (C=O) groups is 1. The minimum absolute atomic E-state index is 0.185. The summed E-state index contributed by atoms with van der Waals surface area (Å²) in [5.41, 5.74) is 3.03. The monoisotopic (exact) mass is 435 g/mol. The number of nitrogens with zero attached hydrogens (tertiary/aromatic N) is 3. The fourth-order valence-electron chi connectivity index (χ4n) is 3.23. The number of benzene rings is 2. The zero-order valence-electron chi connectivity index (χ0n) is 17.2. The molecule has 0 saturated heterocycles. The highest BCUT2D eigenvalue weighted by atomic mass is 35.5. The Kier molecular flexibility index (Phi) is 6.04. The molecular weight excluding hydrogens is 414 g/mol. The number of halogens is 1. The Morgan fingerprint density at radius 1 is 1.10 bits per heavy atom. The molecule has 2 aromatic heterocycles. The van der Waals surface area contributed by atoms with Crippen LogP contribution in [0, 0.1) is 0 Å². The third-order valence-corrected chi connectivity index (χ3v) is 4.99. The van der Waals surface area contributed by atoms with Crippen molar-refractivity contribution in [3.05, 3.63) is 71.4 Å². The SMILES string of the molecule is CC(=O)Nc1cc(Oc2ccc3c(c2)nc(NCCc2ccc(Cl)cc2)n3C)ccn1. The second kappa shape index (κ2) is 9.06. The number of anilines is 2. The number of pyridine rings is 1. The molecule has 0 aliphatic carbocycles. The number of hydrogen-bond donors (Lipinski definition) is 2. The summed E-state index contributed by atoms with van der Waals surface area (Å²) in [5.74, 6) is 2.28. The molecule has 0 bridgehead atoms. The van der Waals surface area contributed by atoms with Gasteiger partial charge in [0.15, 0.2) is 0 Å². The van der Waals surface area contributed by atoms with E-state index >= 15 is 0 Å². The van der Waals surface area contributed by atoms with E-state index in [4.69, 9.17) is 21.3 Å². The number of aromatic nitrogens is 3. The normalized spacial score (nSPS) is 10.8. The van der Waals surface area contributed by atoms with E-state index < -0.39 is 0 Å². The Balaban J connectivity index is 1.45. The summed E-state index contributed by atoms with van der Waals surface area (Å²) in [6.07, 6.45) is 2.45. The molecule has 8 heteroatoms. The summed E-state index contributed by atoms with van der Waals surface area (Å²) >= 11 is 5.94. The number of hydrogen-bond acceptors (Lipinski definition) is 5. The van der Waals surface area contributed by atoms with Crippen LogP contribution in [0.5, 0.6) is 11.5 Å². The topological polar surface area (TPSA) is 81.1 Å². The lowest BCUT2D eigenvalue weighted by Crippen LogP contribution is -2.08. The van der Waals surface area contributed by atoms with Gasteiger partial charge in [-0.25, -0.2) is 9.97 Å². The lowest BCUT2D eigenvalue weighted by molar-refractivity contribution is -0.114. The summed E-state index contributed by atoms with van der Waals surface area (Å²) in [7, 11) is 1.98. The van der Waals surface area contributed by atoms with Crippen LogP contribution in [-0.2, 0) is 18.3 Å². The molecule has 0 saturated carbocycles. The van der Waals surface area contributed by atoms with Gasteiger partial charge in [-0.05, 0) is 42.3 Å². The maximum Gasteiger partial charge on any atom is 0.222 e. The van der Waals surface area contributed by atoms with Crippen molar-refractivity contribution in [1.29, 1.82) is 0 Å². The second-order valence-corrected chi connectivity index (χ2v) is 7.54. The van der Waals surface area contributed by atoms with Crippen LogP contribution in [-0.4, -0.2) is 27.0 Å². The van der Waals surface area contributed by atoms with Gasteiger partial charge >= 0.3 is 0 Å². The Labute approximate surface area is 185 Å². The van der Waals surface area contributed by atoms with Gasteiger partial charge in [-0.3, -0.25) is 4.79 Å². The Hall–Kier alpha value is -3.58. The van der Waals surface area contributed by atoms with Gasteiger partial charge in [0.05, 0.1) is 11.0 Å². The Bertz CT molecular complexity index is 1220. The molecule has 158 valence electrons. The number of imidazole rings is 1. The van der Waals surface area contributed by atoms with E-state index in [-0.39, 0.29) is 5.91 Å². The predicted octanol–water partition coefficient (Wildman–Crippen LogP) is 5.03. The van der Waals surface area contributed by atoms with Crippen molar-refractivity contribution in [3.63, 3.8) is 0 Å². The van der Waals surface area contributed by atoms with Crippen LogP contribution >= 0.6 is 11.6 Å². The van der Waals surface area contributed by atoms with E-state index in [0.29, 0.717) is 17.3 Å². The molecule has 0 aliphatic rings. The molecule has 1 amide bonds. The quantitative estimate of drug-likeness (QED) is 0.425. The molecule has 4 rings (SSSR count). The molecule has 7 nitrogen and oxygen atoms in total. The molecule has 31 heavy (non-hydrogen) atoms. The molecular formula is C23H22ClN5O2. The van der Waals surface area contributed by atoms with Crippen molar-refractivity contribution in [3.8, 4) is 11.5 Å². The molecule has 0 unspecified atom stereocenters. The highest BCUT2D eigenvalue weighted by molar-refractivity contribution is 6.30. The number of nitrogens with one attached hydrogen (secondary N) is 2. The van der Waals surface area contributed by atoms with Crippen LogP contribution < -0.4 is 15.4 Å². The number of amides is 1. The smallest absolute Gasteiger partial charge is 0.222 e. The van der Waals surface area contributed by atoms with Crippen molar-refractivity contribution < 1.29 is 9.53 Å². The van der Waals surface area contributed by atoms with Crippen molar-refractivity contribution in [2.45, 2.75) is 13.3 Å². The summed E-state index contributed by atoms with van der Waals surface area (Å²) in [6, 6.07) is 17.0. The lowest BCUT2D eigenvalue weighted by Gasteiger charge is -2.08. The largest absolute Gasteiger partial charge is 0.457 e. The van der Waals surface area contributed by atoms with Gasteiger partial charge in [-0.1, -0.05) is 23.7 Å². The third-order valence-electron chi connectivity index (χ3n) is 4.73. The average molecular weight is 436 g/mol. The van der Waals surface area contributed by atoms with Crippen LogP contribution in [0.1, 0.15) is 12.5 Å². The maximum absolute atomic E-state index is 11.2. The minimum Gasteiger partial charge on any atom is -0.457 e. The molecule has 0 fully saturated rings. The van der Waals surface area contributed by atoms with Gasteiger partial charge in [0.25, 0.3) is 0 Å². The van der Waals surface area contributed by atoms with E-state index in [9.17, 15) is 4.79 Å². The van der Waals surface area contributed by atoms with Crippen molar-refractivity contribution in [2.75, 3.05) is 17.2 Å². The molecule has 4 aromatic rings. The molecule has 2 aromatic carbocycles. The third kappa shape index (κ3) is 5.13. The number of carbonyl (C=O) groups excluding carboxylic acids is 1. The molecule has 0 spiro atoms. The molecule has 0 radical (unpaired) electrons. The van der Waals surface area contributed by atoms with Crippen LogP contribution in [0.15, 0.2) is 60.8 Å². The second-order valence-electron chi connectivity index (χ2n) is 7.11. The van der Waals surface area contributed by atoms with Crippen LogP contribution in [0.4, 0.5) is 11.8 Å². The first kappa shape index (κ1) is 20.7. The van der Waals surface area contributed by atoms with Gasteiger partial charge in [0.2, 0.25) is 11.9 Å². The fourth-order valence-corrected chi connectivity index (χ4v) is 3.36. The standard InChI is InChI=1S/C23H22ClN5O2/c1-15(30)27-22-14-19(10-12-25-22)31-18-7-8-21-20(13-18)28-23(29(21)2)26-11-9-16-3-5-17(24)6-4-16/h3-8,10,12-14H,9,11H2,1-2H3,(H,26,28)(H,25,27,30). The summed E-state index contributed by atoms with van der Waals surface area (Å²) in [6.45, 7) is 2.19. The van der Waals surface area contributed by atoms with E-state index in [1.165, 1.54) is 12.5 Å². The molecule has 2 heterocycles. The highest BCUT2D eigenvalue weighted by Gasteiger charge is 2.10. The van der Waals surface area contributed by atoms with E-state index in [0.717, 1.165) is 35.0 Å². The van der Waals surface area contributed by atoms with Crippen molar-refractivity contribution in [1.82, 2.24) is 14.5 Å². The van der Waals surface area contributed by atoms with Gasteiger partial charge < -0.3 is 19.9 Å². The minimum atomic E-state index is -0.185. The molecule has 0 aliphatic heterocycles. The average Bonchev–Trinajstić information content (AvgIpc) is 3.04. The fraction of sp³-hybridized carbons (Fsp3) is 0.174. The predicted molar refractivity (Wildman–Crippen MR) is 123 cm³/mol. The first-order chi connectivity index (χ1) is 15.0. The highest BCUT2D eigenvalue weighted by Crippen LogP contribution is 2.27. The molecule has 0 atom stereocenters. The Morgan fingerprint density at radius 2 is 1.87 bits per heavy atom. The maximum atomic E-state index is 11.2. The molecule has 2 N–H and O–H groups in total. The van der Waals surface area contributed by atoms with Crippen LogP contribution in [0.2, 0.25) is 5.02 Å². The van der Waals surface area contributed by atoms with E-state index in [2.05, 4.69) is 15.6 Å². The Morgan fingerprint density at radius 3 is 2.65 bits per heavy atom. The zero-order valence-corrected chi connectivity index (χ0v) is 18.0. The first-order valence-corrected chi connectivity index (χ1v) is 10.2. The summed E-state index contributed by atoms with van der Waals surface area (Å²) < 4.78 is 7.95. The number of aryl methyl sites for hydroxylation is 1. The lowest BCUT2D eigenvalue weighted by atomic mass is 10.1. The van der Waals surface area contributed by atoms with Gasteiger partial charge in [0, 0.05) is 43.9 Å². The van der Waals surface area contributed by atoms with E-state index in [1.54, 1.807) is 18.3 Å². The zero-order chi connectivity index (χ0) is 21.8. The van der Waals surface area contributed by atoms with Crippen molar-refractivity contribution >= 4 is 40.3 Å². The first-order valence-electron chi connectivity index (χ1n) is 9.84. The summed E-state index contributed by atoms with van der Waals surface area (Å²) in [5, 5.41) is 6.77. The summed E-state index contributed by atoms with van der Waals surface area (Å²) in [4.78, 5) is 20.0. The van der Waals surface area contributed by atoms with Gasteiger partial charge in [0.1, 0.15) is 17.3 Å². The van der Waals surface area contributed by atoms with E-state index in [1.807, 2.05) is 54.1 Å². The van der Waals surface area contributed by atoms with Crippen molar-refractivity contribution in [2.24, 2.45) is 7.05 Å². The number of fused-ring (bicyclic) bond motifs is 1. The number of rotatable bonds is 7. The number of ether oxygens (including phenoxy) is 1. The van der Waals surface area contributed by atoms with Gasteiger partial charge in [-0.15, -0.1) is 0 Å².